The minimum Gasteiger partial charge on any atom is -0.382 e. The van der Waals surface area contributed by atoms with E-state index < -0.39 is 0 Å². The quantitative estimate of drug-likeness (QED) is 0.896. The molecule has 0 aliphatic rings. The Labute approximate surface area is 109 Å². The summed E-state index contributed by atoms with van der Waals surface area (Å²) in [6.07, 6.45) is 1.35. The van der Waals surface area contributed by atoms with Crippen molar-refractivity contribution in [2.24, 2.45) is 0 Å². The van der Waals surface area contributed by atoms with Gasteiger partial charge in [-0.2, -0.15) is 5.26 Å². The van der Waals surface area contributed by atoms with Crippen LogP contribution in [0.2, 0.25) is 5.02 Å². The van der Waals surface area contributed by atoms with Crippen LogP contribution in [0.4, 0.5) is 17.3 Å². The van der Waals surface area contributed by atoms with E-state index in [1.54, 1.807) is 30.1 Å². The summed E-state index contributed by atoms with van der Waals surface area (Å²) in [6, 6.07) is 9.21. The van der Waals surface area contributed by atoms with E-state index >= 15 is 0 Å². The molecule has 0 unspecified atom stereocenters. The van der Waals surface area contributed by atoms with Crippen molar-refractivity contribution < 1.29 is 0 Å². The number of nitriles is 1. The van der Waals surface area contributed by atoms with Gasteiger partial charge in [-0.25, -0.2) is 9.97 Å². The second-order valence-electron chi connectivity index (χ2n) is 3.62. The predicted molar refractivity (Wildman–Crippen MR) is 70.7 cm³/mol. The number of hydrogen-bond acceptors (Lipinski definition) is 5. The van der Waals surface area contributed by atoms with Crippen LogP contribution >= 0.6 is 11.6 Å². The van der Waals surface area contributed by atoms with Crippen molar-refractivity contribution >= 4 is 28.9 Å². The van der Waals surface area contributed by atoms with Crippen LogP contribution in [0, 0.1) is 11.3 Å². The van der Waals surface area contributed by atoms with Crippen molar-refractivity contribution in [3.63, 3.8) is 0 Å². The van der Waals surface area contributed by atoms with E-state index in [9.17, 15) is 0 Å². The third-order valence-electron chi connectivity index (χ3n) is 2.48. The summed E-state index contributed by atoms with van der Waals surface area (Å²) in [4.78, 5) is 9.65. The molecule has 90 valence electrons. The lowest BCUT2D eigenvalue weighted by molar-refractivity contribution is 1.08. The molecule has 0 radical (unpaired) electrons. The number of aromatic nitrogens is 2. The Morgan fingerprint density at radius 1 is 1.39 bits per heavy atom. The molecule has 1 heterocycles. The first kappa shape index (κ1) is 12.1. The van der Waals surface area contributed by atoms with Crippen molar-refractivity contribution in [2.75, 3.05) is 17.7 Å². The number of nitrogens with two attached hydrogens (primary N) is 1. The van der Waals surface area contributed by atoms with E-state index in [4.69, 9.17) is 22.6 Å². The van der Waals surface area contributed by atoms with Crippen molar-refractivity contribution in [3.05, 3.63) is 41.2 Å². The molecule has 0 saturated heterocycles. The van der Waals surface area contributed by atoms with Crippen molar-refractivity contribution in [1.29, 1.82) is 5.26 Å². The Morgan fingerprint density at radius 2 is 2.17 bits per heavy atom. The predicted octanol–water partition coefficient (Wildman–Crippen LogP) is 2.35. The Morgan fingerprint density at radius 3 is 2.89 bits per heavy atom. The van der Waals surface area contributed by atoms with Gasteiger partial charge in [-0.3, -0.25) is 0 Å². The molecule has 0 atom stereocenters. The molecule has 0 spiro atoms. The van der Waals surface area contributed by atoms with Crippen LogP contribution in [0.5, 0.6) is 0 Å². The van der Waals surface area contributed by atoms with Gasteiger partial charge in [-0.15, -0.1) is 0 Å². The minimum atomic E-state index is 0.227. The van der Waals surface area contributed by atoms with Crippen LogP contribution in [0.1, 0.15) is 5.56 Å². The molecule has 2 aromatic rings. The van der Waals surface area contributed by atoms with Crippen LogP contribution in [0.15, 0.2) is 30.6 Å². The van der Waals surface area contributed by atoms with Crippen molar-refractivity contribution in [1.82, 2.24) is 9.97 Å². The lowest BCUT2D eigenvalue weighted by Gasteiger charge is -2.19. The van der Waals surface area contributed by atoms with E-state index in [2.05, 4.69) is 16.0 Å². The number of benzene rings is 1. The third kappa shape index (κ3) is 2.19. The van der Waals surface area contributed by atoms with Gasteiger partial charge in [0, 0.05) is 12.7 Å². The van der Waals surface area contributed by atoms with Gasteiger partial charge < -0.3 is 10.6 Å². The monoisotopic (exact) mass is 259 g/mol. The highest BCUT2D eigenvalue weighted by Crippen LogP contribution is 2.31. The summed E-state index contributed by atoms with van der Waals surface area (Å²) >= 11 is 6.05. The first-order chi connectivity index (χ1) is 8.63. The van der Waals surface area contributed by atoms with Gasteiger partial charge in [0.05, 0.1) is 11.6 Å². The van der Waals surface area contributed by atoms with Gasteiger partial charge in [-0.05, 0) is 18.2 Å². The van der Waals surface area contributed by atoms with E-state index in [0.29, 0.717) is 16.4 Å². The normalized spacial score (nSPS) is 9.83. The number of hydrogen-bond donors (Lipinski definition) is 1. The van der Waals surface area contributed by atoms with Gasteiger partial charge in [0.25, 0.3) is 0 Å². The van der Waals surface area contributed by atoms with Gasteiger partial charge in [0.1, 0.15) is 17.2 Å². The van der Waals surface area contributed by atoms with E-state index in [0.717, 1.165) is 5.69 Å². The number of halogens is 1. The molecule has 5 nitrogen and oxygen atoms in total. The first-order valence-electron chi connectivity index (χ1n) is 5.13. The molecule has 0 bridgehead atoms. The summed E-state index contributed by atoms with van der Waals surface area (Å²) in [6.45, 7) is 0. The highest BCUT2D eigenvalue weighted by molar-refractivity contribution is 6.35. The zero-order chi connectivity index (χ0) is 13.1. The standard InChI is InChI=1S/C12H10ClN5/c1-18(9-4-2-3-8(5-9)6-14)12-10(13)11(15)16-7-17-12/h2-5,7H,1H3,(H2,15,16,17). The lowest BCUT2D eigenvalue weighted by Crippen LogP contribution is -2.13. The number of anilines is 3. The van der Waals surface area contributed by atoms with E-state index in [1.807, 2.05) is 6.07 Å². The summed E-state index contributed by atoms with van der Waals surface area (Å²) in [7, 11) is 1.80. The van der Waals surface area contributed by atoms with Crippen LogP contribution in [-0.2, 0) is 0 Å². The maximum Gasteiger partial charge on any atom is 0.157 e. The van der Waals surface area contributed by atoms with Gasteiger partial charge >= 0.3 is 0 Å². The molecular weight excluding hydrogens is 250 g/mol. The number of nitrogens with zero attached hydrogens (tertiary/aromatic N) is 4. The van der Waals surface area contributed by atoms with Gasteiger partial charge in [0.2, 0.25) is 0 Å². The third-order valence-corrected chi connectivity index (χ3v) is 2.84. The fourth-order valence-corrected chi connectivity index (χ4v) is 1.74. The highest BCUT2D eigenvalue weighted by Gasteiger charge is 2.12. The Balaban J connectivity index is 2.45. The average Bonchev–Trinajstić information content (AvgIpc) is 2.41. The summed E-state index contributed by atoms with van der Waals surface area (Å²) in [5, 5.41) is 9.17. The molecule has 1 aromatic heterocycles. The number of nitrogen functional groups attached to an aromatic ring is 1. The maximum atomic E-state index is 8.87. The number of rotatable bonds is 2. The maximum absolute atomic E-state index is 8.87. The Hall–Kier alpha value is -2.32. The molecule has 0 saturated carbocycles. The lowest BCUT2D eigenvalue weighted by atomic mass is 10.2. The van der Waals surface area contributed by atoms with Crippen molar-refractivity contribution in [3.8, 4) is 6.07 Å². The molecule has 0 fully saturated rings. The van der Waals surface area contributed by atoms with Crippen molar-refractivity contribution in [2.45, 2.75) is 0 Å². The first-order valence-corrected chi connectivity index (χ1v) is 5.51. The summed E-state index contributed by atoms with van der Waals surface area (Å²) in [5.74, 6) is 0.726. The molecular formula is C12H10ClN5. The Kier molecular flexibility index (Phi) is 3.31. The van der Waals surface area contributed by atoms with Gasteiger partial charge in [-0.1, -0.05) is 17.7 Å². The minimum absolute atomic E-state index is 0.227. The second-order valence-corrected chi connectivity index (χ2v) is 4.00. The molecule has 2 N–H and O–H groups in total. The molecule has 6 heteroatoms. The van der Waals surface area contributed by atoms with Gasteiger partial charge in [0.15, 0.2) is 5.82 Å². The fourth-order valence-electron chi connectivity index (χ4n) is 1.51. The largest absolute Gasteiger partial charge is 0.382 e. The highest BCUT2D eigenvalue weighted by atomic mass is 35.5. The smallest absolute Gasteiger partial charge is 0.157 e. The molecule has 2 rings (SSSR count). The molecule has 0 amide bonds. The van der Waals surface area contributed by atoms with Crippen LogP contribution < -0.4 is 10.6 Å². The Bertz CT molecular complexity index is 620. The second kappa shape index (κ2) is 4.90. The van der Waals surface area contributed by atoms with Crippen LogP contribution in [0.3, 0.4) is 0 Å². The van der Waals surface area contributed by atoms with E-state index in [-0.39, 0.29) is 5.82 Å². The summed E-state index contributed by atoms with van der Waals surface area (Å²) in [5.41, 5.74) is 7.00. The molecule has 0 aliphatic heterocycles. The van der Waals surface area contributed by atoms with Crippen LogP contribution in [0.25, 0.3) is 0 Å². The fraction of sp³-hybridized carbons (Fsp3) is 0.0833. The molecule has 1 aromatic carbocycles. The SMILES string of the molecule is CN(c1cccc(C#N)c1)c1ncnc(N)c1Cl. The topological polar surface area (TPSA) is 78.8 Å². The zero-order valence-corrected chi connectivity index (χ0v) is 10.4. The average molecular weight is 260 g/mol. The van der Waals surface area contributed by atoms with E-state index in [1.165, 1.54) is 6.33 Å². The molecule has 18 heavy (non-hydrogen) atoms. The molecule has 0 aliphatic carbocycles. The van der Waals surface area contributed by atoms with Crippen LogP contribution in [-0.4, -0.2) is 17.0 Å². The zero-order valence-electron chi connectivity index (χ0n) is 9.63. The summed E-state index contributed by atoms with van der Waals surface area (Å²) < 4.78 is 0.